The SMILES string of the molecule is Cc1cccc(-c2noc(C3CCN(C(=O)CC(C)(C)C)CC3)n2)c1. The molecule has 1 fully saturated rings. The Bertz CT molecular complexity index is 737. The van der Waals surface area contributed by atoms with Crippen molar-refractivity contribution < 1.29 is 9.32 Å². The fourth-order valence-electron chi connectivity index (χ4n) is 3.24. The van der Waals surface area contributed by atoms with E-state index in [1.54, 1.807) is 0 Å². The lowest BCUT2D eigenvalue weighted by molar-refractivity contribution is -0.134. The van der Waals surface area contributed by atoms with Crippen LogP contribution in [0.5, 0.6) is 0 Å². The number of piperidine rings is 1. The molecule has 2 aromatic rings. The molecule has 1 aliphatic heterocycles. The van der Waals surface area contributed by atoms with Gasteiger partial charge in [-0.3, -0.25) is 4.79 Å². The quantitative estimate of drug-likeness (QED) is 0.840. The fourth-order valence-corrected chi connectivity index (χ4v) is 3.24. The van der Waals surface area contributed by atoms with Gasteiger partial charge in [0.15, 0.2) is 0 Å². The third-order valence-electron chi connectivity index (χ3n) is 4.60. The second-order valence-corrected chi connectivity index (χ2v) is 8.22. The van der Waals surface area contributed by atoms with Crippen LogP contribution in [0.4, 0.5) is 0 Å². The lowest BCUT2D eigenvalue weighted by Gasteiger charge is -2.32. The van der Waals surface area contributed by atoms with Crippen molar-refractivity contribution in [2.75, 3.05) is 13.1 Å². The van der Waals surface area contributed by atoms with Gasteiger partial charge in [-0.2, -0.15) is 4.98 Å². The molecule has 0 radical (unpaired) electrons. The van der Waals surface area contributed by atoms with Crippen molar-refractivity contribution in [1.82, 2.24) is 15.0 Å². The lowest BCUT2D eigenvalue weighted by atomic mass is 9.90. The van der Waals surface area contributed by atoms with Gasteiger partial charge in [-0.05, 0) is 31.2 Å². The van der Waals surface area contributed by atoms with Gasteiger partial charge in [-0.1, -0.05) is 49.7 Å². The Morgan fingerprint density at radius 3 is 2.64 bits per heavy atom. The Labute approximate surface area is 149 Å². The number of nitrogens with zero attached hydrogens (tertiary/aromatic N) is 3. The average Bonchev–Trinajstić information content (AvgIpc) is 3.03. The molecule has 2 heterocycles. The Hall–Kier alpha value is -2.17. The third kappa shape index (κ3) is 4.47. The van der Waals surface area contributed by atoms with Crippen LogP contribution in [-0.4, -0.2) is 34.0 Å². The summed E-state index contributed by atoms with van der Waals surface area (Å²) in [7, 11) is 0. The maximum absolute atomic E-state index is 12.4. The predicted octanol–water partition coefficient (Wildman–Crippen LogP) is 4.19. The molecule has 5 heteroatoms. The monoisotopic (exact) mass is 341 g/mol. The molecule has 1 aromatic heterocycles. The number of carbonyl (C=O) groups excluding carboxylic acids is 1. The van der Waals surface area contributed by atoms with Crippen LogP contribution in [-0.2, 0) is 4.79 Å². The zero-order valence-corrected chi connectivity index (χ0v) is 15.6. The molecule has 1 amide bonds. The minimum Gasteiger partial charge on any atom is -0.343 e. The molecule has 0 unspecified atom stereocenters. The maximum atomic E-state index is 12.4. The van der Waals surface area contributed by atoms with Crippen molar-refractivity contribution >= 4 is 5.91 Å². The molecule has 0 spiro atoms. The number of aromatic nitrogens is 2. The average molecular weight is 341 g/mol. The molecular formula is C20H27N3O2. The molecule has 134 valence electrons. The van der Waals surface area contributed by atoms with Gasteiger partial charge in [0.2, 0.25) is 17.6 Å². The first-order valence-electron chi connectivity index (χ1n) is 9.00. The number of likely N-dealkylation sites (tertiary alicyclic amines) is 1. The second-order valence-electron chi connectivity index (χ2n) is 8.22. The molecule has 0 saturated carbocycles. The van der Waals surface area contributed by atoms with Gasteiger partial charge in [0, 0.05) is 31.0 Å². The molecule has 0 N–H and O–H groups in total. The summed E-state index contributed by atoms with van der Waals surface area (Å²) in [4.78, 5) is 18.9. The zero-order chi connectivity index (χ0) is 18.0. The predicted molar refractivity (Wildman–Crippen MR) is 97.1 cm³/mol. The van der Waals surface area contributed by atoms with Crippen LogP contribution in [0.1, 0.15) is 57.4 Å². The molecule has 0 bridgehead atoms. The van der Waals surface area contributed by atoms with E-state index < -0.39 is 0 Å². The van der Waals surface area contributed by atoms with Crippen LogP contribution < -0.4 is 0 Å². The van der Waals surface area contributed by atoms with Crippen molar-refractivity contribution in [2.45, 2.75) is 52.9 Å². The van der Waals surface area contributed by atoms with Gasteiger partial charge in [-0.25, -0.2) is 0 Å². The smallest absolute Gasteiger partial charge is 0.230 e. The van der Waals surface area contributed by atoms with Crippen LogP contribution in [0.15, 0.2) is 28.8 Å². The Balaban J connectivity index is 1.61. The Morgan fingerprint density at radius 2 is 2.00 bits per heavy atom. The Morgan fingerprint density at radius 1 is 1.28 bits per heavy atom. The summed E-state index contributed by atoms with van der Waals surface area (Å²) in [6.45, 7) is 9.88. The number of benzene rings is 1. The van der Waals surface area contributed by atoms with Gasteiger partial charge in [0.25, 0.3) is 0 Å². The molecular weight excluding hydrogens is 314 g/mol. The number of rotatable bonds is 3. The largest absolute Gasteiger partial charge is 0.343 e. The lowest BCUT2D eigenvalue weighted by Crippen LogP contribution is -2.39. The van der Waals surface area contributed by atoms with E-state index in [1.807, 2.05) is 17.0 Å². The summed E-state index contributed by atoms with van der Waals surface area (Å²) < 4.78 is 5.51. The van der Waals surface area contributed by atoms with Crippen molar-refractivity contribution in [3.8, 4) is 11.4 Å². The number of hydrogen-bond acceptors (Lipinski definition) is 4. The van der Waals surface area contributed by atoms with Crippen LogP contribution >= 0.6 is 0 Å². The van der Waals surface area contributed by atoms with Gasteiger partial charge < -0.3 is 9.42 Å². The summed E-state index contributed by atoms with van der Waals surface area (Å²) in [6.07, 6.45) is 2.35. The van der Waals surface area contributed by atoms with E-state index in [9.17, 15) is 4.79 Å². The van der Waals surface area contributed by atoms with Crippen molar-refractivity contribution in [3.63, 3.8) is 0 Å². The first-order chi connectivity index (χ1) is 11.8. The van der Waals surface area contributed by atoms with E-state index in [4.69, 9.17) is 4.52 Å². The summed E-state index contributed by atoms with van der Waals surface area (Å²) >= 11 is 0. The van der Waals surface area contributed by atoms with E-state index in [-0.39, 0.29) is 17.2 Å². The highest BCUT2D eigenvalue weighted by atomic mass is 16.5. The van der Waals surface area contributed by atoms with E-state index in [0.29, 0.717) is 18.1 Å². The van der Waals surface area contributed by atoms with Crippen LogP contribution in [0, 0.1) is 12.3 Å². The summed E-state index contributed by atoms with van der Waals surface area (Å²) in [5, 5.41) is 4.14. The van der Waals surface area contributed by atoms with Gasteiger partial charge in [0.05, 0.1) is 0 Å². The highest BCUT2D eigenvalue weighted by Crippen LogP contribution is 2.30. The minimum atomic E-state index is 0.0309. The van der Waals surface area contributed by atoms with Crippen LogP contribution in [0.25, 0.3) is 11.4 Å². The zero-order valence-electron chi connectivity index (χ0n) is 15.6. The first-order valence-corrected chi connectivity index (χ1v) is 9.00. The molecule has 5 nitrogen and oxygen atoms in total. The molecule has 3 rings (SSSR count). The van der Waals surface area contributed by atoms with E-state index in [2.05, 4.69) is 50.0 Å². The second kappa shape index (κ2) is 6.98. The van der Waals surface area contributed by atoms with Gasteiger partial charge >= 0.3 is 0 Å². The summed E-state index contributed by atoms with van der Waals surface area (Å²) in [5.74, 6) is 1.83. The van der Waals surface area contributed by atoms with Gasteiger partial charge in [0.1, 0.15) is 0 Å². The van der Waals surface area contributed by atoms with E-state index >= 15 is 0 Å². The van der Waals surface area contributed by atoms with Crippen LogP contribution in [0.2, 0.25) is 0 Å². The van der Waals surface area contributed by atoms with E-state index in [0.717, 1.165) is 31.5 Å². The topological polar surface area (TPSA) is 59.2 Å². The third-order valence-corrected chi connectivity index (χ3v) is 4.60. The standard InChI is InChI=1S/C20H27N3O2/c1-14-6-5-7-16(12-14)18-21-19(25-22-18)15-8-10-23(11-9-15)17(24)13-20(2,3)4/h5-7,12,15H,8-11,13H2,1-4H3. The van der Waals surface area contributed by atoms with Gasteiger partial charge in [-0.15, -0.1) is 0 Å². The minimum absolute atomic E-state index is 0.0309. The first kappa shape index (κ1) is 17.6. The van der Waals surface area contributed by atoms with E-state index in [1.165, 1.54) is 5.56 Å². The summed E-state index contributed by atoms with van der Waals surface area (Å²) in [5.41, 5.74) is 2.19. The fraction of sp³-hybridized carbons (Fsp3) is 0.550. The van der Waals surface area contributed by atoms with Crippen molar-refractivity contribution in [2.24, 2.45) is 5.41 Å². The molecule has 0 atom stereocenters. The Kier molecular flexibility index (Phi) is 4.93. The molecule has 0 aliphatic carbocycles. The number of aryl methyl sites for hydroxylation is 1. The highest BCUT2D eigenvalue weighted by molar-refractivity contribution is 5.76. The number of hydrogen-bond donors (Lipinski definition) is 0. The van der Waals surface area contributed by atoms with Crippen molar-refractivity contribution in [3.05, 3.63) is 35.7 Å². The number of amides is 1. The highest BCUT2D eigenvalue weighted by Gasteiger charge is 2.29. The molecule has 1 aromatic carbocycles. The summed E-state index contributed by atoms with van der Waals surface area (Å²) in [6, 6.07) is 8.10. The normalized spacial score (nSPS) is 16.2. The molecule has 1 saturated heterocycles. The number of carbonyl (C=O) groups is 1. The maximum Gasteiger partial charge on any atom is 0.230 e. The van der Waals surface area contributed by atoms with Crippen molar-refractivity contribution in [1.29, 1.82) is 0 Å². The molecule has 25 heavy (non-hydrogen) atoms. The van der Waals surface area contributed by atoms with Crippen LogP contribution in [0.3, 0.4) is 0 Å². The molecule has 1 aliphatic rings.